The summed E-state index contributed by atoms with van der Waals surface area (Å²) in [7, 11) is 0. The highest BCUT2D eigenvalue weighted by atomic mass is 19.4. The largest absolute Gasteiger partial charge is 0.416 e. The summed E-state index contributed by atoms with van der Waals surface area (Å²) in [5, 5.41) is 12.7. The lowest BCUT2D eigenvalue weighted by Gasteiger charge is -2.28. The molecule has 2 N–H and O–H groups in total. The molecule has 0 spiro atoms. The monoisotopic (exact) mass is 291 g/mol. The van der Waals surface area contributed by atoms with Crippen molar-refractivity contribution in [2.24, 2.45) is 0 Å². The summed E-state index contributed by atoms with van der Waals surface area (Å²) in [6, 6.07) is 2.20. The van der Waals surface area contributed by atoms with Crippen molar-refractivity contribution < 1.29 is 22.7 Å². The molecule has 0 bridgehead atoms. The molecule has 1 aromatic carbocycles. The maximum atomic E-state index is 13.5. The molecule has 0 radical (unpaired) electrons. The molecular weight excluding hydrogens is 274 g/mol. The van der Waals surface area contributed by atoms with Gasteiger partial charge in [-0.1, -0.05) is 12.8 Å². The summed E-state index contributed by atoms with van der Waals surface area (Å²) in [6.07, 6.45) is -1.67. The van der Waals surface area contributed by atoms with Gasteiger partial charge in [0, 0.05) is 18.2 Å². The molecule has 1 aliphatic carbocycles. The highest BCUT2D eigenvalue weighted by Gasteiger charge is 2.31. The molecule has 1 saturated carbocycles. The molecule has 2 atom stereocenters. The van der Waals surface area contributed by atoms with E-state index in [0.29, 0.717) is 6.42 Å². The van der Waals surface area contributed by atoms with Crippen molar-refractivity contribution in [2.45, 2.75) is 50.6 Å². The van der Waals surface area contributed by atoms with Crippen LogP contribution in [0.3, 0.4) is 0 Å². The third-order valence-corrected chi connectivity index (χ3v) is 3.66. The Morgan fingerprint density at radius 1 is 1.20 bits per heavy atom. The van der Waals surface area contributed by atoms with E-state index < -0.39 is 23.7 Å². The smallest absolute Gasteiger partial charge is 0.392 e. The molecule has 1 fully saturated rings. The first-order valence-corrected chi connectivity index (χ1v) is 6.65. The van der Waals surface area contributed by atoms with Crippen molar-refractivity contribution in [2.75, 3.05) is 0 Å². The zero-order chi connectivity index (χ0) is 14.8. The molecule has 1 aromatic rings. The lowest BCUT2D eigenvalue weighted by Crippen LogP contribution is -2.41. The Labute approximate surface area is 114 Å². The van der Waals surface area contributed by atoms with Gasteiger partial charge in [-0.15, -0.1) is 0 Å². The maximum absolute atomic E-state index is 13.5. The standard InChI is InChI=1S/C14H17F4NO/c15-11-6-5-10(14(16,17)18)7-9(11)8-19-12-3-1-2-4-13(12)20/h5-7,12-13,19-20H,1-4,8H2. The first-order valence-electron chi connectivity index (χ1n) is 6.65. The fraction of sp³-hybridized carbons (Fsp3) is 0.571. The third kappa shape index (κ3) is 3.70. The van der Waals surface area contributed by atoms with Gasteiger partial charge in [-0.2, -0.15) is 13.2 Å². The van der Waals surface area contributed by atoms with Crippen LogP contribution in [0.15, 0.2) is 18.2 Å². The molecule has 2 nitrogen and oxygen atoms in total. The number of aliphatic hydroxyl groups is 1. The highest BCUT2D eigenvalue weighted by molar-refractivity contribution is 5.27. The summed E-state index contributed by atoms with van der Waals surface area (Å²) in [6.45, 7) is -0.0164. The number of aliphatic hydroxyl groups excluding tert-OH is 1. The van der Waals surface area contributed by atoms with Crippen LogP contribution in [0.2, 0.25) is 0 Å². The van der Waals surface area contributed by atoms with Crippen LogP contribution in [0.1, 0.15) is 36.8 Å². The average Bonchev–Trinajstić information content (AvgIpc) is 2.38. The summed E-state index contributed by atoms with van der Waals surface area (Å²) >= 11 is 0. The molecule has 6 heteroatoms. The van der Waals surface area contributed by atoms with E-state index >= 15 is 0 Å². The predicted octanol–water partition coefficient (Wildman–Crippen LogP) is 3.24. The summed E-state index contributed by atoms with van der Waals surface area (Å²) in [5.41, 5.74) is -0.891. The van der Waals surface area contributed by atoms with Crippen molar-refractivity contribution >= 4 is 0 Å². The molecule has 2 rings (SSSR count). The first-order chi connectivity index (χ1) is 9.38. The van der Waals surface area contributed by atoms with Crippen LogP contribution >= 0.6 is 0 Å². The Hall–Kier alpha value is -1.14. The Morgan fingerprint density at radius 3 is 2.55 bits per heavy atom. The second-order valence-corrected chi connectivity index (χ2v) is 5.14. The minimum absolute atomic E-state index is 0.0164. The van der Waals surface area contributed by atoms with Crippen molar-refractivity contribution in [3.8, 4) is 0 Å². The van der Waals surface area contributed by atoms with Gasteiger partial charge in [-0.3, -0.25) is 0 Å². The van der Waals surface area contributed by atoms with Crippen LogP contribution in [-0.2, 0) is 12.7 Å². The number of hydrogen-bond donors (Lipinski definition) is 2. The number of nitrogens with one attached hydrogen (secondary N) is 1. The van der Waals surface area contributed by atoms with Crippen molar-refractivity contribution in [3.05, 3.63) is 35.1 Å². The molecule has 0 aromatic heterocycles. The van der Waals surface area contributed by atoms with Gasteiger partial charge >= 0.3 is 6.18 Å². The summed E-state index contributed by atoms with van der Waals surface area (Å²) < 4.78 is 51.3. The van der Waals surface area contributed by atoms with E-state index in [0.717, 1.165) is 37.5 Å². The van der Waals surface area contributed by atoms with E-state index in [1.807, 2.05) is 0 Å². The fourth-order valence-corrected chi connectivity index (χ4v) is 2.48. The Balaban J connectivity index is 2.05. The van der Waals surface area contributed by atoms with Crippen molar-refractivity contribution in [1.29, 1.82) is 0 Å². The van der Waals surface area contributed by atoms with Gasteiger partial charge in [0.15, 0.2) is 0 Å². The second kappa shape index (κ2) is 6.10. The van der Waals surface area contributed by atoms with Gasteiger partial charge in [0.25, 0.3) is 0 Å². The summed E-state index contributed by atoms with van der Waals surface area (Å²) in [5.74, 6) is -0.671. The maximum Gasteiger partial charge on any atom is 0.416 e. The molecule has 1 aliphatic rings. The Morgan fingerprint density at radius 2 is 1.90 bits per heavy atom. The van der Waals surface area contributed by atoms with Gasteiger partial charge in [-0.25, -0.2) is 4.39 Å². The number of alkyl halides is 3. The van der Waals surface area contributed by atoms with Crippen LogP contribution in [0.5, 0.6) is 0 Å². The van der Waals surface area contributed by atoms with E-state index in [2.05, 4.69) is 5.32 Å². The topological polar surface area (TPSA) is 32.3 Å². The normalized spacial score (nSPS) is 23.9. The van der Waals surface area contributed by atoms with Crippen LogP contribution in [0, 0.1) is 5.82 Å². The number of benzene rings is 1. The van der Waals surface area contributed by atoms with Crippen LogP contribution in [-0.4, -0.2) is 17.3 Å². The molecule has 112 valence electrons. The van der Waals surface area contributed by atoms with E-state index in [9.17, 15) is 22.7 Å². The highest BCUT2D eigenvalue weighted by Crippen LogP contribution is 2.30. The van der Waals surface area contributed by atoms with E-state index in [-0.39, 0.29) is 18.2 Å². The van der Waals surface area contributed by atoms with Crippen molar-refractivity contribution in [1.82, 2.24) is 5.32 Å². The predicted molar refractivity (Wildman–Crippen MR) is 66.5 cm³/mol. The van der Waals surface area contributed by atoms with Gasteiger partial charge in [0.1, 0.15) is 5.82 Å². The summed E-state index contributed by atoms with van der Waals surface area (Å²) in [4.78, 5) is 0. The third-order valence-electron chi connectivity index (χ3n) is 3.66. The van der Waals surface area contributed by atoms with Crippen LogP contribution in [0.25, 0.3) is 0 Å². The van der Waals surface area contributed by atoms with Crippen LogP contribution in [0.4, 0.5) is 17.6 Å². The molecule has 20 heavy (non-hydrogen) atoms. The zero-order valence-electron chi connectivity index (χ0n) is 10.9. The van der Waals surface area contributed by atoms with E-state index in [1.54, 1.807) is 0 Å². The number of hydrogen-bond acceptors (Lipinski definition) is 2. The molecular formula is C14H17F4NO. The SMILES string of the molecule is OC1CCCCC1NCc1cc(C(F)(F)F)ccc1F. The fourth-order valence-electron chi connectivity index (χ4n) is 2.48. The number of halogens is 4. The van der Waals surface area contributed by atoms with Crippen molar-refractivity contribution in [3.63, 3.8) is 0 Å². The average molecular weight is 291 g/mol. The van der Waals surface area contributed by atoms with Gasteiger partial charge < -0.3 is 10.4 Å². The quantitative estimate of drug-likeness (QED) is 0.838. The zero-order valence-corrected chi connectivity index (χ0v) is 10.9. The van der Waals surface area contributed by atoms with Gasteiger partial charge in [-0.05, 0) is 31.0 Å². The lowest BCUT2D eigenvalue weighted by molar-refractivity contribution is -0.137. The molecule has 0 heterocycles. The molecule has 0 amide bonds. The van der Waals surface area contributed by atoms with E-state index in [1.165, 1.54) is 0 Å². The lowest BCUT2D eigenvalue weighted by atomic mass is 9.92. The minimum atomic E-state index is -4.48. The second-order valence-electron chi connectivity index (χ2n) is 5.14. The molecule has 0 aliphatic heterocycles. The van der Waals surface area contributed by atoms with Gasteiger partial charge in [0.2, 0.25) is 0 Å². The van der Waals surface area contributed by atoms with Crippen LogP contribution < -0.4 is 5.32 Å². The molecule has 0 saturated heterocycles. The first kappa shape index (κ1) is 15.3. The Bertz CT molecular complexity index is 461. The van der Waals surface area contributed by atoms with Gasteiger partial charge in [0.05, 0.1) is 11.7 Å². The van der Waals surface area contributed by atoms with E-state index in [4.69, 9.17) is 0 Å². The Kier molecular flexibility index (Phi) is 4.65. The molecule has 2 unspecified atom stereocenters. The minimum Gasteiger partial charge on any atom is -0.392 e. The number of rotatable bonds is 3.